The van der Waals surface area contributed by atoms with Gasteiger partial charge in [0.05, 0.1) is 6.54 Å². The average molecular weight is 473 g/mol. The van der Waals surface area contributed by atoms with Gasteiger partial charge in [-0.05, 0) is 75.2 Å². The molecule has 3 aromatic rings. The lowest BCUT2D eigenvalue weighted by atomic mass is 10.1. The monoisotopic (exact) mass is 472 g/mol. The lowest BCUT2D eigenvalue weighted by Crippen LogP contribution is -2.40. The Morgan fingerprint density at radius 2 is 1.37 bits per heavy atom. The van der Waals surface area contributed by atoms with Crippen LogP contribution in [0.3, 0.4) is 0 Å². The first-order valence-corrected chi connectivity index (χ1v) is 11.6. The number of benzene rings is 3. The third-order valence-corrected chi connectivity index (χ3v) is 5.00. The number of rotatable bonds is 9. The molecule has 35 heavy (non-hydrogen) atoms. The fraction of sp³-hybridized carbons (Fsp3) is 0.250. The molecule has 3 aromatic carbocycles. The number of carbonyl (C=O) groups is 3. The molecule has 0 radical (unpaired) electrons. The largest absolute Gasteiger partial charge is 0.376 e. The normalized spacial score (nSPS) is 10.8. The molecule has 7 heteroatoms. The zero-order valence-electron chi connectivity index (χ0n) is 20.4. The molecule has 0 heterocycles. The average Bonchev–Trinajstić information content (AvgIpc) is 2.82. The first-order valence-electron chi connectivity index (χ1n) is 11.6. The molecule has 4 N–H and O–H groups in total. The van der Waals surface area contributed by atoms with Gasteiger partial charge in [-0.25, -0.2) is 0 Å². The number of anilines is 3. The summed E-state index contributed by atoms with van der Waals surface area (Å²) < 4.78 is 0. The molecule has 3 rings (SSSR count). The highest BCUT2D eigenvalue weighted by atomic mass is 16.2. The van der Waals surface area contributed by atoms with Crippen LogP contribution in [-0.2, 0) is 16.0 Å². The predicted octanol–water partition coefficient (Wildman–Crippen LogP) is 4.84. The second-order valence-electron chi connectivity index (χ2n) is 9.30. The van der Waals surface area contributed by atoms with Crippen molar-refractivity contribution in [1.29, 1.82) is 0 Å². The third kappa shape index (κ3) is 8.97. The van der Waals surface area contributed by atoms with Crippen LogP contribution in [0.2, 0.25) is 0 Å². The van der Waals surface area contributed by atoms with Crippen molar-refractivity contribution in [2.45, 2.75) is 39.2 Å². The number of amides is 3. The summed E-state index contributed by atoms with van der Waals surface area (Å²) in [5, 5.41) is 11.6. The molecule has 0 bridgehead atoms. The minimum Gasteiger partial charge on any atom is -0.376 e. The van der Waals surface area contributed by atoms with Gasteiger partial charge in [0.15, 0.2) is 0 Å². The first kappa shape index (κ1) is 25.5. The van der Waals surface area contributed by atoms with E-state index in [0.29, 0.717) is 29.8 Å². The summed E-state index contributed by atoms with van der Waals surface area (Å²) in [6.45, 7) is 5.79. The van der Waals surface area contributed by atoms with Crippen molar-refractivity contribution in [3.63, 3.8) is 0 Å². The highest BCUT2D eigenvalue weighted by molar-refractivity contribution is 5.98. The Labute approximate surface area is 206 Å². The lowest BCUT2D eigenvalue weighted by Gasteiger charge is -2.20. The topological polar surface area (TPSA) is 99.3 Å². The fourth-order valence-corrected chi connectivity index (χ4v) is 3.34. The molecule has 7 nitrogen and oxygen atoms in total. The summed E-state index contributed by atoms with van der Waals surface area (Å²) in [7, 11) is 0. The fourth-order valence-electron chi connectivity index (χ4n) is 3.34. The van der Waals surface area contributed by atoms with E-state index >= 15 is 0 Å². The molecule has 0 unspecified atom stereocenters. The van der Waals surface area contributed by atoms with Crippen LogP contribution < -0.4 is 21.3 Å². The summed E-state index contributed by atoms with van der Waals surface area (Å²) in [5.41, 5.74) is 3.25. The van der Waals surface area contributed by atoms with Gasteiger partial charge in [0.1, 0.15) is 0 Å². The van der Waals surface area contributed by atoms with Gasteiger partial charge in [-0.15, -0.1) is 0 Å². The van der Waals surface area contributed by atoms with Crippen molar-refractivity contribution in [3.8, 4) is 0 Å². The number of hydrogen-bond acceptors (Lipinski definition) is 4. The number of aryl methyl sites for hydroxylation is 1. The van der Waals surface area contributed by atoms with E-state index in [1.54, 1.807) is 48.5 Å². The van der Waals surface area contributed by atoms with E-state index in [1.165, 1.54) is 0 Å². The second-order valence-corrected chi connectivity index (χ2v) is 9.30. The third-order valence-electron chi connectivity index (χ3n) is 5.00. The summed E-state index contributed by atoms with van der Waals surface area (Å²) in [6.07, 6.45) is 1.09. The summed E-state index contributed by atoms with van der Waals surface area (Å²) >= 11 is 0. The first-order chi connectivity index (χ1) is 16.7. The molecule has 0 fully saturated rings. The van der Waals surface area contributed by atoms with Gasteiger partial charge in [-0.1, -0.05) is 36.4 Å². The van der Waals surface area contributed by atoms with Crippen LogP contribution in [0.1, 0.15) is 43.1 Å². The van der Waals surface area contributed by atoms with Crippen LogP contribution in [0.5, 0.6) is 0 Å². The molecular weight excluding hydrogens is 440 g/mol. The molecule has 0 aromatic heterocycles. The molecule has 0 atom stereocenters. The Balaban J connectivity index is 1.44. The minimum atomic E-state index is -0.346. The molecular formula is C28H32N4O3. The highest BCUT2D eigenvalue weighted by Crippen LogP contribution is 2.15. The van der Waals surface area contributed by atoms with E-state index in [4.69, 9.17) is 0 Å². The molecule has 0 spiro atoms. The zero-order valence-corrected chi connectivity index (χ0v) is 20.4. The van der Waals surface area contributed by atoms with Crippen LogP contribution in [0.25, 0.3) is 0 Å². The highest BCUT2D eigenvalue weighted by Gasteiger charge is 2.15. The van der Waals surface area contributed by atoms with Gasteiger partial charge in [0.25, 0.3) is 5.91 Å². The Morgan fingerprint density at radius 3 is 2.06 bits per heavy atom. The molecule has 182 valence electrons. The molecule has 3 amide bonds. The number of hydrogen-bond donors (Lipinski definition) is 4. The smallest absolute Gasteiger partial charge is 0.251 e. The van der Waals surface area contributed by atoms with Crippen molar-refractivity contribution in [3.05, 3.63) is 90.0 Å². The summed E-state index contributed by atoms with van der Waals surface area (Å²) in [4.78, 5) is 36.9. The lowest BCUT2D eigenvalue weighted by molar-refractivity contribution is -0.116. The summed E-state index contributed by atoms with van der Waals surface area (Å²) in [5.74, 6) is -0.483. The summed E-state index contributed by atoms with van der Waals surface area (Å²) in [6, 6.07) is 23.9. The van der Waals surface area contributed by atoms with Gasteiger partial charge in [-0.3, -0.25) is 14.4 Å². The zero-order chi connectivity index (χ0) is 25.3. The maximum Gasteiger partial charge on any atom is 0.251 e. The minimum absolute atomic E-state index is 0.0487. The van der Waals surface area contributed by atoms with E-state index < -0.39 is 0 Å². The van der Waals surface area contributed by atoms with Gasteiger partial charge < -0.3 is 21.3 Å². The van der Waals surface area contributed by atoms with Crippen LogP contribution in [0.15, 0.2) is 78.9 Å². The molecule has 0 aliphatic carbocycles. The van der Waals surface area contributed by atoms with Gasteiger partial charge >= 0.3 is 0 Å². The van der Waals surface area contributed by atoms with Crippen molar-refractivity contribution in [2.75, 3.05) is 22.5 Å². The number of carbonyl (C=O) groups excluding carboxylic acids is 3. The maximum absolute atomic E-state index is 12.4. The van der Waals surface area contributed by atoms with Crippen LogP contribution in [0.4, 0.5) is 17.1 Å². The van der Waals surface area contributed by atoms with Crippen molar-refractivity contribution in [1.82, 2.24) is 5.32 Å². The predicted molar refractivity (Wildman–Crippen MR) is 141 cm³/mol. The Bertz CT molecular complexity index is 1150. The van der Waals surface area contributed by atoms with Gasteiger partial charge in [0, 0.05) is 34.6 Å². The van der Waals surface area contributed by atoms with Gasteiger partial charge in [0.2, 0.25) is 11.8 Å². The van der Waals surface area contributed by atoms with Crippen molar-refractivity contribution >= 4 is 34.8 Å². The van der Waals surface area contributed by atoms with Crippen LogP contribution >= 0.6 is 0 Å². The Hall–Kier alpha value is -4.13. The Morgan fingerprint density at radius 1 is 0.714 bits per heavy atom. The van der Waals surface area contributed by atoms with Crippen molar-refractivity contribution < 1.29 is 14.4 Å². The van der Waals surface area contributed by atoms with Crippen LogP contribution in [-0.4, -0.2) is 29.8 Å². The second kappa shape index (κ2) is 11.8. The SMILES string of the molecule is CC(C)(C)NC(=O)c1cccc(NC(=O)CNc2ccc(NC(=O)CCc3ccccc3)cc2)c1. The standard InChI is InChI=1S/C28H32N4O3/c1-28(2,3)32-27(35)21-10-7-11-24(18-21)31-26(34)19-29-22-13-15-23(16-14-22)30-25(33)17-12-20-8-5-4-6-9-20/h4-11,13-16,18,29H,12,17,19H2,1-3H3,(H,30,33)(H,31,34)(H,32,35). The van der Waals surface area contributed by atoms with Crippen molar-refractivity contribution in [2.24, 2.45) is 0 Å². The van der Waals surface area contributed by atoms with Crippen LogP contribution in [0, 0.1) is 0 Å². The van der Waals surface area contributed by atoms with E-state index in [2.05, 4.69) is 21.3 Å². The number of nitrogens with one attached hydrogen (secondary N) is 4. The maximum atomic E-state index is 12.4. The Kier molecular flexibility index (Phi) is 8.62. The quantitative estimate of drug-likeness (QED) is 0.358. The van der Waals surface area contributed by atoms with E-state index in [0.717, 1.165) is 11.3 Å². The molecule has 0 aliphatic rings. The van der Waals surface area contributed by atoms with E-state index in [1.807, 2.05) is 51.1 Å². The molecule has 0 aliphatic heterocycles. The van der Waals surface area contributed by atoms with E-state index in [9.17, 15) is 14.4 Å². The molecule has 0 saturated heterocycles. The van der Waals surface area contributed by atoms with Gasteiger partial charge in [-0.2, -0.15) is 0 Å². The molecule has 0 saturated carbocycles. The van der Waals surface area contributed by atoms with E-state index in [-0.39, 0.29) is 29.8 Å².